The summed E-state index contributed by atoms with van der Waals surface area (Å²) in [6.07, 6.45) is 0.801. The van der Waals surface area contributed by atoms with E-state index in [1.165, 1.54) is 24.3 Å². The van der Waals surface area contributed by atoms with Gasteiger partial charge in [-0.25, -0.2) is 13.4 Å². The second-order valence-electron chi connectivity index (χ2n) is 6.33. The zero-order valence-corrected chi connectivity index (χ0v) is 17.2. The number of aromatic nitrogens is 1. The maximum atomic E-state index is 13.0. The van der Waals surface area contributed by atoms with Crippen LogP contribution in [0.25, 0.3) is 0 Å². The van der Waals surface area contributed by atoms with Crippen LogP contribution in [0, 0.1) is 6.92 Å². The highest BCUT2D eigenvalue weighted by Gasteiger charge is 2.28. The van der Waals surface area contributed by atoms with Gasteiger partial charge in [-0.15, -0.1) is 0 Å². The van der Waals surface area contributed by atoms with Crippen molar-refractivity contribution in [2.45, 2.75) is 18.2 Å². The van der Waals surface area contributed by atoms with Gasteiger partial charge in [-0.2, -0.15) is 0 Å². The Morgan fingerprint density at radius 1 is 1.18 bits per heavy atom. The first-order valence-corrected chi connectivity index (χ1v) is 11.2. The summed E-state index contributed by atoms with van der Waals surface area (Å²) in [6, 6.07) is 13.6. The molecule has 0 radical (unpaired) electrons. The molecule has 1 amide bonds. The normalized spacial score (nSPS) is 13.4. The second-order valence-corrected chi connectivity index (χ2v) is 9.45. The number of anilines is 2. The lowest BCUT2D eigenvalue weighted by Crippen LogP contribution is -2.28. The van der Waals surface area contributed by atoms with E-state index in [-0.39, 0.29) is 15.9 Å². The van der Waals surface area contributed by atoms with Gasteiger partial charge in [0.2, 0.25) is 0 Å². The number of carbonyl (C=O) groups is 1. The number of hydrogen-bond donors (Lipinski definition) is 1. The van der Waals surface area contributed by atoms with Gasteiger partial charge >= 0.3 is 0 Å². The SMILES string of the molecule is Cc1nc(NS(=O)(=O)c2ccc(Cl)cc2)sc1C(=O)N1CCc2ccccc21. The molecule has 0 aliphatic carbocycles. The van der Waals surface area contributed by atoms with Crippen molar-refractivity contribution in [2.24, 2.45) is 0 Å². The topological polar surface area (TPSA) is 79.4 Å². The molecule has 0 saturated carbocycles. The van der Waals surface area contributed by atoms with Gasteiger partial charge < -0.3 is 4.90 Å². The Morgan fingerprint density at radius 3 is 2.64 bits per heavy atom. The maximum Gasteiger partial charge on any atom is 0.270 e. The second kappa shape index (κ2) is 7.20. The number of nitrogens with one attached hydrogen (secondary N) is 1. The quantitative estimate of drug-likeness (QED) is 0.671. The van der Waals surface area contributed by atoms with Crippen molar-refractivity contribution in [3.05, 3.63) is 69.7 Å². The van der Waals surface area contributed by atoms with Gasteiger partial charge in [0.05, 0.1) is 10.6 Å². The van der Waals surface area contributed by atoms with Crippen LogP contribution in [0.5, 0.6) is 0 Å². The average molecular weight is 434 g/mol. The van der Waals surface area contributed by atoms with E-state index in [9.17, 15) is 13.2 Å². The van der Waals surface area contributed by atoms with E-state index < -0.39 is 10.0 Å². The lowest BCUT2D eigenvalue weighted by Gasteiger charge is -2.16. The highest BCUT2D eigenvalue weighted by Crippen LogP contribution is 2.32. The van der Waals surface area contributed by atoms with Gasteiger partial charge in [0.25, 0.3) is 15.9 Å². The lowest BCUT2D eigenvalue weighted by molar-refractivity contribution is 0.0992. The molecule has 4 rings (SSSR count). The molecule has 1 aliphatic rings. The Morgan fingerprint density at radius 2 is 1.89 bits per heavy atom. The molecular weight excluding hydrogens is 418 g/mol. The van der Waals surface area contributed by atoms with E-state index in [1.807, 2.05) is 24.3 Å². The summed E-state index contributed by atoms with van der Waals surface area (Å²) in [6.45, 7) is 2.30. The third kappa shape index (κ3) is 3.50. The maximum absolute atomic E-state index is 13.0. The van der Waals surface area contributed by atoms with E-state index in [2.05, 4.69) is 9.71 Å². The van der Waals surface area contributed by atoms with Crippen LogP contribution in [0.4, 0.5) is 10.8 Å². The summed E-state index contributed by atoms with van der Waals surface area (Å²) in [4.78, 5) is 19.5. The minimum atomic E-state index is -3.81. The molecule has 3 aromatic rings. The van der Waals surface area contributed by atoms with Gasteiger partial charge in [-0.3, -0.25) is 9.52 Å². The molecule has 1 aromatic heterocycles. The number of rotatable bonds is 4. The molecule has 144 valence electrons. The largest absolute Gasteiger partial charge is 0.307 e. The van der Waals surface area contributed by atoms with Crippen molar-refractivity contribution >= 4 is 49.7 Å². The zero-order valence-electron chi connectivity index (χ0n) is 14.8. The van der Waals surface area contributed by atoms with Gasteiger partial charge in [0, 0.05) is 17.3 Å². The van der Waals surface area contributed by atoms with Gasteiger partial charge in [-0.1, -0.05) is 41.1 Å². The smallest absolute Gasteiger partial charge is 0.270 e. The molecule has 28 heavy (non-hydrogen) atoms. The van der Waals surface area contributed by atoms with E-state index in [4.69, 9.17) is 11.6 Å². The monoisotopic (exact) mass is 433 g/mol. The number of fused-ring (bicyclic) bond motifs is 1. The lowest BCUT2D eigenvalue weighted by atomic mass is 10.2. The zero-order chi connectivity index (χ0) is 19.9. The number of thiazole rings is 1. The molecule has 0 spiro atoms. The van der Waals surface area contributed by atoms with Gasteiger partial charge in [0.1, 0.15) is 4.88 Å². The number of aryl methyl sites for hydroxylation is 1. The number of para-hydroxylation sites is 1. The van der Waals surface area contributed by atoms with Crippen LogP contribution < -0.4 is 9.62 Å². The summed E-state index contributed by atoms with van der Waals surface area (Å²) < 4.78 is 27.5. The Kier molecular flexibility index (Phi) is 4.86. The Hall–Kier alpha value is -2.42. The first kappa shape index (κ1) is 18.9. The Balaban J connectivity index is 1.59. The standard InChI is InChI=1S/C19H16ClN3O3S2/c1-12-17(18(24)23-11-10-13-4-2-3-5-16(13)23)27-19(21-12)22-28(25,26)15-8-6-14(20)7-9-15/h2-9H,10-11H2,1H3,(H,21,22). The molecule has 1 N–H and O–H groups in total. The van der Waals surface area contributed by atoms with Crippen molar-refractivity contribution in [1.82, 2.24) is 4.98 Å². The average Bonchev–Trinajstić information content (AvgIpc) is 3.24. The van der Waals surface area contributed by atoms with Crippen LogP contribution in [-0.4, -0.2) is 25.9 Å². The predicted octanol–water partition coefficient (Wildman–Crippen LogP) is 4.11. The van der Waals surface area contributed by atoms with Crippen molar-refractivity contribution < 1.29 is 13.2 Å². The molecule has 2 heterocycles. The molecule has 1 aliphatic heterocycles. The molecule has 0 fully saturated rings. The minimum absolute atomic E-state index is 0.0751. The van der Waals surface area contributed by atoms with E-state index in [0.717, 1.165) is 29.0 Å². The van der Waals surface area contributed by atoms with Gasteiger partial charge in [0.15, 0.2) is 5.13 Å². The van der Waals surface area contributed by atoms with E-state index in [1.54, 1.807) is 11.8 Å². The first-order valence-electron chi connectivity index (χ1n) is 8.51. The van der Waals surface area contributed by atoms with E-state index in [0.29, 0.717) is 22.1 Å². The Labute approximate surface area is 171 Å². The molecule has 0 bridgehead atoms. The third-order valence-corrected chi connectivity index (χ3v) is 7.27. The molecule has 0 atom stereocenters. The van der Waals surface area contributed by atoms with Crippen molar-refractivity contribution in [3.8, 4) is 0 Å². The first-order chi connectivity index (χ1) is 13.3. The summed E-state index contributed by atoms with van der Waals surface area (Å²) in [5.41, 5.74) is 2.51. The molecular formula is C19H16ClN3O3S2. The van der Waals surface area contributed by atoms with Crippen LogP contribution in [-0.2, 0) is 16.4 Å². The number of hydrogen-bond acceptors (Lipinski definition) is 5. The fourth-order valence-electron chi connectivity index (χ4n) is 3.10. The number of amides is 1. The van der Waals surface area contributed by atoms with Crippen molar-refractivity contribution in [2.75, 3.05) is 16.2 Å². The summed E-state index contributed by atoms with van der Waals surface area (Å²) >= 11 is 6.85. The molecule has 6 nitrogen and oxygen atoms in total. The molecule has 9 heteroatoms. The van der Waals surface area contributed by atoms with Crippen molar-refractivity contribution in [1.29, 1.82) is 0 Å². The van der Waals surface area contributed by atoms with Crippen LogP contribution in [0.3, 0.4) is 0 Å². The molecule has 0 saturated heterocycles. The highest BCUT2D eigenvalue weighted by atomic mass is 35.5. The fraction of sp³-hybridized carbons (Fsp3) is 0.158. The summed E-state index contributed by atoms with van der Waals surface area (Å²) in [7, 11) is -3.81. The van der Waals surface area contributed by atoms with Crippen molar-refractivity contribution in [3.63, 3.8) is 0 Å². The minimum Gasteiger partial charge on any atom is -0.307 e. The van der Waals surface area contributed by atoms with E-state index >= 15 is 0 Å². The van der Waals surface area contributed by atoms with Gasteiger partial charge in [-0.05, 0) is 49.2 Å². The third-order valence-electron chi connectivity index (χ3n) is 4.47. The van der Waals surface area contributed by atoms with Crippen LogP contribution in [0.1, 0.15) is 20.9 Å². The van der Waals surface area contributed by atoms with Crippen LogP contribution in [0.15, 0.2) is 53.4 Å². The summed E-state index contributed by atoms with van der Waals surface area (Å²) in [5, 5.41) is 0.603. The molecule has 0 unspecified atom stereocenters. The number of nitrogens with zero attached hydrogens (tertiary/aromatic N) is 2. The van der Waals surface area contributed by atoms with Crippen LogP contribution >= 0.6 is 22.9 Å². The number of benzene rings is 2. The number of halogens is 1. The Bertz CT molecular complexity index is 1160. The number of sulfonamides is 1. The summed E-state index contributed by atoms with van der Waals surface area (Å²) in [5.74, 6) is -0.170. The number of carbonyl (C=O) groups excluding carboxylic acids is 1. The predicted molar refractivity (Wildman–Crippen MR) is 111 cm³/mol. The fourth-order valence-corrected chi connectivity index (χ4v) is 5.37. The highest BCUT2D eigenvalue weighted by molar-refractivity contribution is 7.93. The molecule has 2 aromatic carbocycles. The van der Waals surface area contributed by atoms with Crippen LogP contribution in [0.2, 0.25) is 5.02 Å².